The number of pyridine rings is 1. The molecule has 2 heterocycles. The van der Waals surface area contributed by atoms with Crippen LogP contribution >= 0.6 is 11.6 Å². The molecule has 1 aliphatic rings. The van der Waals surface area contributed by atoms with Crippen LogP contribution in [0.3, 0.4) is 0 Å². The van der Waals surface area contributed by atoms with Crippen molar-refractivity contribution in [2.24, 2.45) is 0 Å². The van der Waals surface area contributed by atoms with Crippen molar-refractivity contribution in [2.45, 2.75) is 18.9 Å². The van der Waals surface area contributed by atoms with Gasteiger partial charge in [-0.25, -0.2) is 4.98 Å². The van der Waals surface area contributed by atoms with Gasteiger partial charge in [0.2, 0.25) is 0 Å². The first-order chi connectivity index (χ1) is 8.08. The van der Waals surface area contributed by atoms with Crippen LogP contribution in [0.4, 0.5) is 11.5 Å². The van der Waals surface area contributed by atoms with Crippen LogP contribution in [0.1, 0.15) is 12.8 Å². The van der Waals surface area contributed by atoms with E-state index in [0.717, 1.165) is 12.4 Å². The summed E-state index contributed by atoms with van der Waals surface area (Å²) in [5.41, 5.74) is 6.61. The second-order valence-electron chi connectivity index (χ2n) is 4.74. The lowest BCUT2D eigenvalue weighted by Gasteiger charge is -2.36. The van der Waals surface area contributed by atoms with Crippen molar-refractivity contribution in [1.29, 1.82) is 0 Å². The molecule has 1 atom stereocenters. The lowest BCUT2D eigenvalue weighted by Crippen LogP contribution is -2.45. The van der Waals surface area contributed by atoms with E-state index in [4.69, 9.17) is 17.3 Å². The third kappa shape index (κ3) is 2.82. The number of anilines is 2. The van der Waals surface area contributed by atoms with Crippen LogP contribution < -0.4 is 10.6 Å². The predicted octanol–water partition coefficient (Wildman–Crippen LogP) is 1.85. The summed E-state index contributed by atoms with van der Waals surface area (Å²) >= 11 is 5.86. The van der Waals surface area contributed by atoms with E-state index in [9.17, 15) is 0 Å². The van der Waals surface area contributed by atoms with E-state index in [1.54, 1.807) is 12.3 Å². The molecule has 4 nitrogen and oxygen atoms in total. The number of likely N-dealkylation sites (N-methyl/N-ethyl adjacent to an activating group) is 2. The molecule has 0 aromatic carbocycles. The Morgan fingerprint density at radius 3 is 3.00 bits per heavy atom. The van der Waals surface area contributed by atoms with Gasteiger partial charge in [0.15, 0.2) is 5.82 Å². The van der Waals surface area contributed by atoms with Gasteiger partial charge in [-0.15, -0.1) is 0 Å². The molecule has 5 heteroatoms. The summed E-state index contributed by atoms with van der Waals surface area (Å²) < 4.78 is 0. The average molecular weight is 255 g/mol. The van der Waals surface area contributed by atoms with Crippen LogP contribution in [0.15, 0.2) is 12.3 Å². The zero-order valence-electron chi connectivity index (χ0n) is 10.4. The Kier molecular flexibility index (Phi) is 3.74. The molecule has 0 spiro atoms. The minimum absolute atomic E-state index is 0.477. The molecule has 1 aromatic heterocycles. The molecule has 0 radical (unpaired) electrons. The van der Waals surface area contributed by atoms with Crippen LogP contribution in [0, 0.1) is 0 Å². The van der Waals surface area contributed by atoms with Gasteiger partial charge in [0, 0.05) is 25.8 Å². The number of nitrogens with zero attached hydrogens (tertiary/aromatic N) is 3. The van der Waals surface area contributed by atoms with Crippen LogP contribution in [-0.4, -0.2) is 43.1 Å². The maximum atomic E-state index is 5.96. The summed E-state index contributed by atoms with van der Waals surface area (Å²) in [6, 6.07) is 2.23. The lowest BCUT2D eigenvalue weighted by atomic mass is 10.1. The molecule has 1 aliphatic heterocycles. The zero-order chi connectivity index (χ0) is 12.4. The molecule has 0 bridgehead atoms. The standard InChI is InChI=1S/C12H19ClN4/c1-16-5-3-4-10(8-16)17(2)12-11(14)6-9(13)7-15-12/h6-7,10H,3-5,8,14H2,1-2H3. The van der Waals surface area contributed by atoms with Gasteiger partial charge in [0.1, 0.15) is 0 Å². The molecular weight excluding hydrogens is 236 g/mol. The average Bonchev–Trinajstić information content (AvgIpc) is 2.28. The van der Waals surface area contributed by atoms with Gasteiger partial charge in [-0.3, -0.25) is 0 Å². The van der Waals surface area contributed by atoms with Crippen molar-refractivity contribution < 1.29 is 0 Å². The first-order valence-corrected chi connectivity index (χ1v) is 6.28. The molecule has 1 unspecified atom stereocenters. The number of hydrogen-bond acceptors (Lipinski definition) is 4. The maximum absolute atomic E-state index is 5.96. The van der Waals surface area contributed by atoms with E-state index in [1.807, 2.05) is 0 Å². The summed E-state index contributed by atoms with van der Waals surface area (Å²) in [5, 5.41) is 0.584. The number of aromatic nitrogens is 1. The number of hydrogen-bond donors (Lipinski definition) is 1. The van der Waals surface area contributed by atoms with E-state index in [-0.39, 0.29) is 0 Å². The van der Waals surface area contributed by atoms with Gasteiger partial charge in [0.25, 0.3) is 0 Å². The quantitative estimate of drug-likeness (QED) is 0.875. The fourth-order valence-electron chi connectivity index (χ4n) is 2.37. The second kappa shape index (κ2) is 5.10. The summed E-state index contributed by atoms with van der Waals surface area (Å²) in [6.45, 7) is 2.23. The Balaban J connectivity index is 2.15. The minimum atomic E-state index is 0.477. The summed E-state index contributed by atoms with van der Waals surface area (Å²) in [5.74, 6) is 0.828. The molecule has 0 saturated carbocycles. The van der Waals surface area contributed by atoms with Gasteiger partial charge in [-0.1, -0.05) is 11.6 Å². The fourth-order valence-corrected chi connectivity index (χ4v) is 2.54. The van der Waals surface area contributed by atoms with Gasteiger partial charge in [0.05, 0.1) is 10.7 Å². The number of nitrogen functional groups attached to an aromatic ring is 1. The van der Waals surface area contributed by atoms with Crippen LogP contribution in [0.2, 0.25) is 5.02 Å². The normalized spacial score (nSPS) is 21.5. The van der Waals surface area contributed by atoms with Gasteiger partial charge in [-0.05, 0) is 32.5 Å². The largest absolute Gasteiger partial charge is 0.396 e. The topological polar surface area (TPSA) is 45.4 Å². The second-order valence-corrected chi connectivity index (χ2v) is 5.17. The van der Waals surface area contributed by atoms with Crippen molar-refractivity contribution in [1.82, 2.24) is 9.88 Å². The number of piperidine rings is 1. The maximum Gasteiger partial charge on any atom is 0.151 e. The number of rotatable bonds is 2. The van der Waals surface area contributed by atoms with E-state index in [1.165, 1.54) is 19.4 Å². The molecule has 1 fully saturated rings. The van der Waals surface area contributed by atoms with Crippen LogP contribution in [-0.2, 0) is 0 Å². The Morgan fingerprint density at radius 1 is 1.59 bits per heavy atom. The van der Waals surface area contributed by atoms with Gasteiger partial charge in [-0.2, -0.15) is 0 Å². The molecule has 2 N–H and O–H groups in total. The molecule has 0 aliphatic carbocycles. The fraction of sp³-hybridized carbons (Fsp3) is 0.583. The lowest BCUT2D eigenvalue weighted by molar-refractivity contribution is 0.247. The molecular formula is C12H19ClN4. The highest BCUT2D eigenvalue weighted by atomic mass is 35.5. The molecule has 94 valence electrons. The van der Waals surface area contributed by atoms with Crippen molar-refractivity contribution in [3.8, 4) is 0 Å². The Hall–Kier alpha value is -1.00. The molecule has 1 aromatic rings. The van der Waals surface area contributed by atoms with Gasteiger partial charge >= 0.3 is 0 Å². The van der Waals surface area contributed by atoms with E-state index in [0.29, 0.717) is 16.8 Å². The van der Waals surface area contributed by atoms with Crippen molar-refractivity contribution >= 4 is 23.1 Å². The number of nitrogens with two attached hydrogens (primary N) is 1. The SMILES string of the molecule is CN1CCCC(N(C)c2ncc(Cl)cc2N)C1. The van der Waals surface area contributed by atoms with Crippen molar-refractivity contribution in [3.05, 3.63) is 17.3 Å². The van der Waals surface area contributed by atoms with E-state index in [2.05, 4.69) is 28.9 Å². The highest BCUT2D eigenvalue weighted by Gasteiger charge is 2.23. The third-order valence-electron chi connectivity index (χ3n) is 3.34. The van der Waals surface area contributed by atoms with Crippen LogP contribution in [0.25, 0.3) is 0 Å². The number of likely N-dealkylation sites (tertiary alicyclic amines) is 1. The highest BCUT2D eigenvalue weighted by Crippen LogP contribution is 2.26. The number of halogens is 1. The zero-order valence-corrected chi connectivity index (χ0v) is 11.1. The Bertz CT molecular complexity index is 396. The molecule has 0 amide bonds. The Labute approximate surface area is 107 Å². The summed E-state index contributed by atoms with van der Waals surface area (Å²) in [7, 11) is 4.20. The van der Waals surface area contributed by atoms with Crippen molar-refractivity contribution in [3.63, 3.8) is 0 Å². The van der Waals surface area contributed by atoms with Crippen molar-refractivity contribution in [2.75, 3.05) is 37.8 Å². The molecule has 17 heavy (non-hydrogen) atoms. The van der Waals surface area contributed by atoms with E-state index >= 15 is 0 Å². The highest BCUT2D eigenvalue weighted by molar-refractivity contribution is 6.30. The summed E-state index contributed by atoms with van der Waals surface area (Å²) in [4.78, 5) is 8.84. The first-order valence-electron chi connectivity index (χ1n) is 5.90. The minimum Gasteiger partial charge on any atom is -0.396 e. The predicted molar refractivity (Wildman–Crippen MR) is 72.6 cm³/mol. The Morgan fingerprint density at radius 2 is 2.35 bits per heavy atom. The van der Waals surface area contributed by atoms with Crippen LogP contribution in [0.5, 0.6) is 0 Å². The van der Waals surface area contributed by atoms with E-state index < -0.39 is 0 Å². The molecule has 1 saturated heterocycles. The third-order valence-corrected chi connectivity index (χ3v) is 3.55. The molecule has 2 rings (SSSR count). The smallest absolute Gasteiger partial charge is 0.151 e. The van der Waals surface area contributed by atoms with Gasteiger partial charge < -0.3 is 15.5 Å². The monoisotopic (exact) mass is 254 g/mol. The summed E-state index contributed by atoms with van der Waals surface area (Å²) in [6.07, 6.45) is 4.06. The first kappa shape index (κ1) is 12.5.